The second-order valence-corrected chi connectivity index (χ2v) is 6.74. The number of methoxy groups -OCH3 is 1. The van der Waals surface area contributed by atoms with Crippen molar-refractivity contribution in [3.8, 4) is 5.75 Å². The predicted molar refractivity (Wildman–Crippen MR) is 112 cm³/mol. The molecule has 0 aliphatic carbocycles. The molecule has 162 valence electrons. The van der Waals surface area contributed by atoms with Crippen molar-refractivity contribution in [3.63, 3.8) is 0 Å². The molecular weight excluding hydrogens is 400 g/mol. The summed E-state index contributed by atoms with van der Waals surface area (Å²) in [5.74, 6) is -0.402. The van der Waals surface area contributed by atoms with Crippen LogP contribution >= 0.6 is 0 Å². The molecular formula is C23H24N2O6. The highest BCUT2D eigenvalue weighted by Crippen LogP contribution is 2.27. The molecule has 0 aromatic heterocycles. The van der Waals surface area contributed by atoms with Crippen LogP contribution in [0.1, 0.15) is 24.1 Å². The molecule has 1 unspecified atom stereocenters. The van der Waals surface area contributed by atoms with Crippen molar-refractivity contribution in [2.45, 2.75) is 19.4 Å². The number of urea groups is 1. The van der Waals surface area contributed by atoms with Crippen LogP contribution in [0.3, 0.4) is 0 Å². The van der Waals surface area contributed by atoms with Crippen molar-refractivity contribution in [1.82, 2.24) is 10.6 Å². The van der Waals surface area contributed by atoms with Crippen LogP contribution in [0.25, 0.3) is 0 Å². The number of nitrogens with one attached hydrogen (secondary N) is 2. The lowest BCUT2D eigenvalue weighted by Crippen LogP contribution is -2.47. The van der Waals surface area contributed by atoms with Gasteiger partial charge in [-0.1, -0.05) is 42.5 Å². The predicted octanol–water partition coefficient (Wildman–Crippen LogP) is 2.65. The van der Waals surface area contributed by atoms with Gasteiger partial charge in [-0.3, -0.25) is 4.79 Å². The van der Waals surface area contributed by atoms with Crippen molar-refractivity contribution >= 4 is 18.0 Å². The average molecular weight is 424 g/mol. The molecule has 3 rings (SSSR count). The third-order valence-corrected chi connectivity index (χ3v) is 4.67. The van der Waals surface area contributed by atoms with Gasteiger partial charge in [0.25, 0.3) is 0 Å². The molecule has 0 radical (unpaired) electrons. The number of rotatable bonds is 8. The lowest BCUT2D eigenvalue weighted by molar-refractivity contribution is -0.143. The SMILES string of the molecule is CCOC(=O)C1=C(COC(=O)Cc2ccc(OC)cc2)NC(=O)NC1c1ccccc1. The van der Waals surface area contributed by atoms with E-state index >= 15 is 0 Å². The van der Waals surface area contributed by atoms with E-state index in [1.807, 2.05) is 6.07 Å². The van der Waals surface area contributed by atoms with E-state index in [4.69, 9.17) is 14.2 Å². The Hall–Kier alpha value is -3.81. The molecule has 1 heterocycles. The number of carbonyl (C=O) groups is 3. The normalized spacial score (nSPS) is 15.5. The van der Waals surface area contributed by atoms with Crippen LogP contribution in [0.5, 0.6) is 5.75 Å². The number of carbonyl (C=O) groups excluding carboxylic acids is 3. The molecule has 0 saturated heterocycles. The van der Waals surface area contributed by atoms with E-state index < -0.39 is 24.0 Å². The lowest BCUT2D eigenvalue weighted by Gasteiger charge is -2.29. The summed E-state index contributed by atoms with van der Waals surface area (Å²) in [4.78, 5) is 37.2. The summed E-state index contributed by atoms with van der Waals surface area (Å²) >= 11 is 0. The molecule has 8 heteroatoms. The summed E-state index contributed by atoms with van der Waals surface area (Å²) in [6.45, 7) is 1.60. The molecule has 0 saturated carbocycles. The lowest BCUT2D eigenvalue weighted by atomic mass is 9.95. The zero-order valence-electron chi connectivity index (χ0n) is 17.3. The third kappa shape index (κ3) is 5.63. The number of amides is 2. The van der Waals surface area contributed by atoms with Gasteiger partial charge in [0.1, 0.15) is 12.4 Å². The van der Waals surface area contributed by atoms with Crippen LogP contribution in [0.4, 0.5) is 4.79 Å². The topological polar surface area (TPSA) is 103 Å². The minimum Gasteiger partial charge on any atom is -0.497 e. The highest BCUT2D eigenvalue weighted by atomic mass is 16.5. The summed E-state index contributed by atoms with van der Waals surface area (Å²) in [5, 5.41) is 5.30. The summed E-state index contributed by atoms with van der Waals surface area (Å²) in [7, 11) is 1.56. The van der Waals surface area contributed by atoms with Gasteiger partial charge in [-0.05, 0) is 30.2 Å². The summed E-state index contributed by atoms with van der Waals surface area (Å²) in [5.41, 5.74) is 1.85. The number of esters is 2. The minimum atomic E-state index is -0.718. The third-order valence-electron chi connectivity index (χ3n) is 4.67. The maximum atomic E-state index is 12.7. The number of ether oxygens (including phenoxy) is 3. The quantitative estimate of drug-likeness (QED) is 0.632. The Morgan fingerprint density at radius 1 is 1.00 bits per heavy atom. The van der Waals surface area contributed by atoms with Gasteiger partial charge in [0.15, 0.2) is 0 Å². The molecule has 1 aliphatic heterocycles. The zero-order chi connectivity index (χ0) is 22.2. The van der Waals surface area contributed by atoms with E-state index in [0.717, 1.165) is 5.56 Å². The van der Waals surface area contributed by atoms with E-state index in [-0.39, 0.29) is 30.9 Å². The van der Waals surface area contributed by atoms with E-state index in [9.17, 15) is 14.4 Å². The van der Waals surface area contributed by atoms with Crippen molar-refractivity contribution in [3.05, 3.63) is 77.0 Å². The van der Waals surface area contributed by atoms with Crippen LogP contribution in [0.2, 0.25) is 0 Å². The standard InChI is InChI=1S/C23H24N2O6/c1-3-30-22(27)20-18(24-23(28)25-21(20)16-7-5-4-6-8-16)14-31-19(26)13-15-9-11-17(29-2)12-10-15/h4-12,21H,3,13-14H2,1-2H3,(H2,24,25,28). The number of benzene rings is 2. The first-order valence-electron chi connectivity index (χ1n) is 9.83. The van der Waals surface area contributed by atoms with Gasteiger partial charge in [0.05, 0.1) is 37.4 Å². The molecule has 0 fully saturated rings. The first kappa shape index (κ1) is 21.9. The average Bonchev–Trinajstić information content (AvgIpc) is 2.78. The second-order valence-electron chi connectivity index (χ2n) is 6.74. The Bertz CT molecular complexity index is 969. The number of hydrogen-bond acceptors (Lipinski definition) is 6. The van der Waals surface area contributed by atoms with Gasteiger partial charge in [0, 0.05) is 0 Å². The largest absolute Gasteiger partial charge is 0.497 e. The van der Waals surface area contributed by atoms with Crippen molar-refractivity contribution in [1.29, 1.82) is 0 Å². The molecule has 2 aromatic carbocycles. The van der Waals surface area contributed by atoms with E-state index in [2.05, 4.69) is 10.6 Å². The monoisotopic (exact) mass is 424 g/mol. The van der Waals surface area contributed by atoms with Crippen LogP contribution < -0.4 is 15.4 Å². The van der Waals surface area contributed by atoms with Crippen molar-refractivity contribution < 1.29 is 28.6 Å². The maximum absolute atomic E-state index is 12.7. The number of hydrogen-bond donors (Lipinski definition) is 2. The Kier molecular flexibility index (Phi) is 7.26. The molecule has 0 spiro atoms. The molecule has 2 amide bonds. The van der Waals surface area contributed by atoms with Crippen molar-refractivity contribution in [2.24, 2.45) is 0 Å². The molecule has 2 aromatic rings. The summed E-state index contributed by atoms with van der Waals surface area (Å²) < 4.78 is 15.6. The van der Waals surface area contributed by atoms with Gasteiger partial charge in [-0.2, -0.15) is 0 Å². The molecule has 0 bridgehead atoms. The van der Waals surface area contributed by atoms with E-state index in [0.29, 0.717) is 11.3 Å². The van der Waals surface area contributed by atoms with Crippen LogP contribution in [0.15, 0.2) is 65.9 Å². The van der Waals surface area contributed by atoms with Crippen molar-refractivity contribution in [2.75, 3.05) is 20.3 Å². The second kappa shape index (κ2) is 10.3. The smallest absolute Gasteiger partial charge is 0.338 e. The fourth-order valence-electron chi connectivity index (χ4n) is 3.19. The highest BCUT2D eigenvalue weighted by molar-refractivity contribution is 5.95. The summed E-state index contributed by atoms with van der Waals surface area (Å²) in [6.07, 6.45) is 0.0420. The van der Waals surface area contributed by atoms with Gasteiger partial charge >= 0.3 is 18.0 Å². The van der Waals surface area contributed by atoms with Crippen LogP contribution in [-0.4, -0.2) is 38.3 Å². The van der Waals surface area contributed by atoms with E-state index in [1.165, 1.54) is 0 Å². The van der Waals surface area contributed by atoms with Gasteiger partial charge in [-0.25, -0.2) is 9.59 Å². The minimum absolute atomic E-state index is 0.0420. The molecule has 1 aliphatic rings. The Balaban J connectivity index is 1.79. The van der Waals surface area contributed by atoms with Gasteiger partial charge in [0.2, 0.25) is 0 Å². The first-order chi connectivity index (χ1) is 15.0. The van der Waals surface area contributed by atoms with Crippen LogP contribution in [-0.2, 0) is 25.5 Å². The summed E-state index contributed by atoms with van der Waals surface area (Å²) in [6, 6.07) is 14.9. The maximum Gasteiger partial charge on any atom is 0.338 e. The molecule has 8 nitrogen and oxygen atoms in total. The first-order valence-corrected chi connectivity index (χ1v) is 9.83. The molecule has 1 atom stereocenters. The van der Waals surface area contributed by atoms with Gasteiger partial charge < -0.3 is 24.8 Å². The van der Waals surface area contributed by atoms with Crippen LogP contribution in [0, 0.1) is 0 Å². The van der Waals surface area contributed by atoms with E-state index in [1.54, 1.807) is 62.6 Å². The molecule has 2 N–H and O–H groups in total. The fraction of sp³-hybridized carbons (Fsp3) is 0.261. The Labute approximate surface area is 180 Å². The molecule has 31 heavy (non-hydrogen) atoms. The Morgan fingerprint density at radius 2 is 1.71 bits per heavy atom. The zero-order valence-corrected chi connectivity index (χ0v) is 17.3. The highest BCUT2D eigenvalue weighted by Gasteiger charge is 2.34. The fourth-order valence-corrected chi connectivity index (χ4v) is 3.19. The Morgan fingerprint density at radius 3 is 2.35 bits per heavy atom. The van der Waals surface area contributed by atoms with Gasteiger partial charge in [-0.15, -0.1) is 0 Å².